The largest absolute Gasteiger partial charge is 0.393 e. The lowest BCUT2D eigenvalue weighted by atomic mass is 9.84. The highest BCUT2D eigenvalue weighted by atomic mass is 16.5. The first-order chi connectivity index (χ1) is 8.27. The molecule has 5 atom stereocenters. The van der Waals surface area contributed by atoms with Crippen molar-refractivity contribution in [1.82, 2.24) is 0 Å². The van der Waals surface area contributed by atoms with Gasteiger partial charge in [0.1, 0.15) is 12.2 Å². The van der Waals surface area contributed by atoms with E-state index in [0.29, 0.717) is 6.29 Å². The molecule has 0 amide bonds. The van der Waals surface area contributed by atoms with E-state index in [9.17, 15) is 24.9 Å². The zero-order valence-corrected chi connectivity index (χ0v) is 11.1. The van der Waals surface area contributed by atoms with Crippen molar-refractivity contribution < 1.29 is 29.6 Å². The van der Waals surface area contributed by atoms with E-state index in [0.717, 1.165) is 0 Å². The topological polar surface area (TPSA) is 104 Å². The van der Waals surface area contributed by atoms with Crippen LogP contribution in [0.5, 0.6) is 0 Å². The van der Waals surface area contributed by atoms with Gasteiger partial charge in [-0.1, -0.05) is 13.8 Å². The molecule has 0 radical (unpaired) electrons. The molecule has 0 saturated carbocycles. The summed E-state index contributed by atoms with van der Waals surface area (Å²) in [6.45, 7) is 4.60. The van der Waals surface area contributed by atoms with Crippen molar-refractivity contribution in [3.8, 4) is 0 Å². The summed E-state index contributed by atoms with van der Waals surface area (Å²) in [5, 5.41) is 29.1. The minimum Gasteiger partial charge on any atom is -0.393 e. The number of Topliss-reactive ketones (excluding diaryl/α,β-unsaturated/α-hetero) is 1. The van der Waals surface area contributed by atoms with Gasteiger partial charge in [-0.05, 0) is 12.8 Å². The number of hydrogen-bond acceptors (Lipinski definition) is 6. The molecule has 1 unspecified atom stereocenters. The molecule has 0 aliphatic rings. The maximum absolute atomic E-state index is 12.0. The average Bonchev–Trinajstić information content (AvgIpc) is 2.28. The molecule has 0 fully saturated rings. The van der Waals surface area contributed by atoms with E-state index < -0.39 is 36.1 Å². The molecule has 0 aromatic rings. The smallest absolute Gasteiger partial charge is 0.169 e. The molecule has 0 aliphatic heterocycles. The Hall–Kier alpha value is -0.820. The van der Waals surface area contributed by atoms with Gasteiger partial charge in [-0.15, -0.1) is 0 Å². The molecule has 6 heteroatoms. The molecule has 0 spiro atoms. The first-order valence-electron chi connectivity index (χ1n) is 5.83. The van der Waals surface area contributed by atoms with Crippen LogP contribution in [0.15, 0.2) is 0 Å². The van der Waals surface area contributed by atoms with Crippen LogP contribution in [0.2, 0.25) is 0 Å². The first kappa shape index (κ1) is 17.2. The Morgan fingerprint density at radius 3 is 1.94 bits per heavy atom. The van der Waals surface area contributed by atoms with Crippen LogP contribution in [0, 0.1) is 11.8 Å². The average molecular weight is 262 g/mol. The molecule has 0 heterocycles. The second-order valence-corrected chi connectivity index (χ2v) is 4.68. The van der Waals surface area contributed by atoms with Crippen molar-refractivity contribution >= 4 is 12.1 Å². The van der Waals surface area contributed by atoms with E-state index in [2.05, 4.69) is 0 Å². The zero-order valence-electron chi connectivity index (χ0n) is 11.1. The fourth-order valence-electron chi connectivity index (χ4n) is 1.70. The minimum atomic E-state index is -1.49. The van der Waals surface area contributed by atoms with Gasteiger partial charge >= 0.3 is 0 Å². The van der Waals surface area contributed by atoms with E-state index in [1.807, 2.05) is 0 Å². The Kier molecular flexibility index (Phi) is 7.23. The van der Waals surface area contributed by atoms with E-state index in [4.69, 9.17) is 4.74 Å². The Balaban J connectivity index is 5.07. The number of carbonyl (C=O) groups is 2. The van der Waals surface area contributed by atoms with Gasteiger partial charge in [-0.25, -0.2) is 0 Å². The summed E-state index contributed by atoms with van der Waals surface area (Å²) in [4.78, 5) is 22.7. The fraction of sp³-hybridized carbons (Fsp3) is 0.833. The lowest BCUT2D eigenvalue weighted by molar-refractivity contribution is -0.149. The van der Waals surface area contributed by atoms with Crippen LogP contribution in [0.1, 0.15) is 20.8 Å². The summed E-state index contributed by atoms with van der Waals surface area (Å²) in [5.74, 6) is -2.31. The van der Waals surface area contributed by atoms with Crippen molar-refractivity contribution in [2.24, 2.45) is 11.8 Å². The predicted octanol–water partition coefficient (Wildman–Crippen LogP) is -0.856. The molecular weight excluding hydrogens is 240 g/mol. The van der Waals surface area contributed by atoms with Crippen LogP contribution in [0.3, 0.4) is 0 Å². The highest BCUT2D eigenvalue weighted by Crippen LogP contribution is 2.19. The third-order valence-corrected chi connectivity index (χ3v) is 2.88. The molecule has 106 valence electrons. The lowest BCUT2D eigenvalue weighted by Gasteiger charge is -2.29. The van der Waals surface area contributed by atoms with Gasteiger partial charge in [0.2, 0.25) is 0 Å². The van der Waals surface area contributed by atoms with Crippen molar-refractivity contribution in [3.05, 3.63) is 0 Å². The van der Waals surface area contributed by atoms with Crippen molar-refractivity contribution in [1.29, 1.82) is 0 Å². The summed E-state index contributed by atoms with van der Waals surface area (Å²) in [6.07, 6.45) is -4.85. The number of ketones is 1. The van der Waals surface area contributed by atoms with Gasteiger partial charge in [-0.2, -0.15) is 0 Å². The summed E-state index contributed by atoms with van der Waals surface area (Å²) in [5.41, 5.74) is 0. The Morgan fingerprint density at radius 1 is 1.17 bits per heavy atom. The summed E-state index contributed by atoms with van der Waals surface area (Å²) in [6, 6.07) is 0. The van der Waals surface area contributed by atoms with E-state index in [1.54, 1.807) is 13.8 Å². The fourth-order valence-corrected chi connectivity index (χ4v) is 1.70. The number of aliphatic hydroxyl groups excluding tert-OH is 3. The van der Waals surface area contributed by atoms with Crippen LogP contribution >= 0.6 is 0 Å². The summed E-state index contributed by atoms with van der Waals surface area (Å²) < 4.78 is 4.72. The number of aliphatic hydroxyl groups is 3. The number of ether oxygens (including phenoxy) is 1. The van der Waals surface area contributed by atoms with E-state index in [-0.39, 0.29) is 5.92 Å². The molecule has 3 N–H and O–H groups in total. The standard InChI is InChI=1S/C12H22O6/c1-6(2)10(15)12(17)9(7(3)14)11(16)8(5-13)18-4/h5-11,14-16H,1-4H3/t7-,8+,9-,10?,11-/m1/s1. The maximum Gasteiger partial charge on any atom is 0.169 e. The zero-order chi connectivity index (χ0) is 14.5. The van der Waals surface area contributed by atoms with Crippen LogP contribution in [0.4, 0.5) is 0 Å². The molecule has 18 heavy (non-hydrogen) atoms. The van der Waals surface area contributed by atoms with Crippen LogP contribution in [0.25, 0.3) is 0 Å². The number of rotatable bonds is 8. The third kappa shape index (κ3) is 4.13. The molecular formula is C12H22O6. The summed E-state index contributed by atoms with van der Waals surface area (Å²) >= 11 is 0. The molecule has 6 nitrogen and oxygen atoms in total. The molecule has 0 saturated heterocycles. The van der Waals surface area contributed by atoms with Crippen LogP contribution < -0.4 is 0 Å². The molecule has 0 aromatic heterocycles. The lowest BCUT2D eigenvalue weighted by Crippen LogP contribution is -2.49. The second-order valence-electron chi connectivity index (χ2n) is 4.68. The van der Waals surface area contributed by atoms with Gasteiger partial charge in [0, 0.05) is 7.11 Å². The Bertz CT molecular complexity index is 276. The molecule has 0 rings (SSSR count). The quantitative estimate of drug-likeness (QED) is 0.492. The van der Waals surface area contributed by atoms with Gasteiger partial charge in [0.15, 0.2) is 12.1 Å². The first-order valence-corrected chi connectivity index (χ1v) is 5.83. The highest BCUT2D eigenvalue weighted by molar-refractivity contribution is 5.87. The number of carbonyl (C=O) groups excluding carboxylic acids is 2. The third-order valence-electron chi connectivity index (χ3n) is 2.88. The number of methoxy groups -OCH3 is 1. The normalized spacial score (nSPS) is 20.0. The SMILES string of the molecule is CO[C@@H](C=O)[C@@H](O)[C@H](C(=O)C(O)C(C)C)[C@@H](C)O. The monoisotopic (exact) mass is 262 g/mol. The highest BCUT2D eigenvalue weighted by Gasteiger charge is 2.39. The van der Waals surface area contributed by atoms with Crippen molar-refractivity contribution in [2.75, 3.05) is 7.11 Å². The predicted molar refractivity (Wildman–Crippen MR) is 63.9 cm³/mol. The van der Waals surface area contributed by atoms with Gasteiger partial charge < -0.3 is 24.9 Å². The molecule has 0 bridgehead atoms. The van der Waals surface area contributed by atoms with E-state index >= 15 is 0 Å². The van der Waals surface area contributed by atoms with Gasteiger partial charge in [0.25, 0.3) is 0 Å². The van der Waals surface area contributed by atoms with Crippen molar-refractivity contribution in [3.63, 3.8) is 0 Å². The van der Waals surface area contributed by atoms with Crippen molar-refractivity contribution in [2.45, 2.75) is 45.2 Å². The second kappa shape index (κ2) is 7.58. The number of hydrogen-bond donors (Lipinski definition) is 3. The van der Waals surface area contributed by atoms with Gasteiger partial charge in [-0.3, -0.25) is 4.79 Å². The maximum atomic E-state index is 12.0. The van der Waals surface area contributed by atoms with Crippen LogP contribution in [-0.2, 0) is 14.3 Å². The molecule has 0 aliphatic carbocycles. The van der Waals surface area contributed by atoms with E-state index in [1.165, 1.54) is 14.0 Å². The number of aldehydes is 1. The Labute approximate surface area is 107 Å². The van der Waals surface area contributed by atoms with Gasteiger partial charge in [0.05, 0.1) is 18.1 Å². The summed E-state index contributed by atoms with van der Waals surface area (Å²) in [7, 11) is 1.21. The molecule has 0 aromatic carbocycles. The van der Waals surface area contributed by atoms with Crippen LogP contribution in [-0.4, -0.2) is 58.9 Å². The minimum absolute atomic E-state index is 0.344. The Morgan fingerprint density at radius 2 is 1.67 bits per heavy atom.